The maximum Gasteiger partial charge on any atom is 0.240 e. The largest absolute Gasteiger partial charge is 0.383 e. The summed E-state index contributed by atoms with van der Waals surface area (Å²) < 4.78 is 5.08. The number of rotatable bonds is 5. The van der Waals surface area contributed by atoms with Gasteiger partial charge in [0.15, 0.2) is 0 Å². The lowest BCUT2D eigenvalue weighted by Gasteiger charge is -2.30. The maximum absolute atomic E-state index is 12.1. The molecule has 0 aromatic carbocycles. The molecule has 4 nitrogen and oxygen atoms in total. The van der Waals surface area contributed by atoms with Gasteiger partial charge in [-0.15, -0.1) is 0 Å². The summed E-state index contributed by atoms with van der Waals surface area (Å²) in [5, 5.41) is 3.24. The highest BCUT2D eigenvalue weighted by molar-refractivity contribution is 5.82. The van der Waals surface area contributed by atoms with Crippen molar-refractivity contribution in [3.05, 3.63) is 0 Å². The Labute approximate surface area is 92.0 Å². The van der Waals surface area contributed by atoms with E-state index in [9.17, 15) is 4.79 Å². The zero-order chi connectivity index (χ0) is 11.3. The molecule has 15 heavy (non-hydrogen) atoms. The Bertz CT molecular complexity index is 203. The van der Waals surface area contributed by atoms with Crippen molar-refractivity contribution in [2.24, 2.45) is 0 Å². The van der Waals surface area contributed by atoms with Gasteiger partial charge < -0.3 is 15.0 Å². The van der Waals surface area contributed by atoms with Crippen LogP contribution in [0.2, 0.25) is 0 Å². The van der Waals surface area contributed by atoms with Crippen LogP contribution >= 0.6 is 0 Å². The van der Waals surface area contributed by atoms with Crippen molar-refractivity contribution in [2.75, 3.05) is 26.8 Å². The molecular formula is C11H22N2O2. The molecule has 0 aromatic rings. The molecule has 0 aliphatic carbocycles. The molecule has 4 heteroatoms. The number of carbonyl (C=O) groups excluding carboxylic acids is 1. The Morgan fingerprint density at radius 2 is 2.40 bits per heavy atom. The van der Waals surface area contributed by atoms with E-state index in [0.717, 1.165) is 25.9 Å². The monoisotopic (exact) mass is 214 g/mol. The molecule has 0 spiro atoms. The van der Waals surface area contributed by atoms with Gasteiger partial charge in [-0.2, -0.15) is 0 Å². The quantitative estimate of drug-likeness (QED) is 0.729. The first kappa shape index (κ1) is 12.5. The van der Waals surface area contributed by atoms with E-state index >= 15 is 0 Å². The molecule has 1 aliphatic heterocycles. The molecule has 1 unspecified atom stereocenters. The van der Waals surface area contributed by atoms with Gasteiger partial charge in [-0.05, 0) is 33.2 Å². The van der Waals surface area contributed by atoms with Gasteiger partial charge in [0.25, 0.3) is 0 Å². The second-order valence-corrected chi connectivity index (χ2v) is 4.08. The molecule has 2 atom stereocenters. The minimum absolute atomic E-state index is 0.0317. The van der Waals surface area contributed by atoms with Crippen LogP contribution in [0.25, 0.3) is 0 Å². The van der Waals surface area contributed by atoms with Crippen molar-refractivity contribution in [1.82, 2.24) is 10.2 Å². The van der Waals surface area contributed by atoms with Gasteiger partial charge in [0, 0.05) is 13.7 Å². The summed E-state index contributed by atoms with van der Waals surface area (Å²) in [5.74, 6) is 0.222. The lowest BCUT2D eigenvalue weighted by molar-refractivity contribution is -0.135. The van der Waals surface area contributed by atoms with Crippen LogP contribution in [-0.2, 0) is 9.53 Å². The second-order valence-electron chi connectivity index (χ2n) is 4.08. The van der Waals surface area contributed by atoms with Crippen LogP contribution in [0.4, 0.5) is 0 Å². The fraction of sp³-hybridized carbons (Fsp3) is 0.909. The third-order valence-electron chi connectivity index (χ3n) is 2.92. The number of hydrogen-bond acceptors (Lipinski definition) is 3. The molecular weight excluding hydrogens is 192 g/mol. The Morgan fingerprint density at radius 1 is 1.67 bits per heavy atom. The summed E-state index contributed by atoms with van der Waals surface area (Å²) in [4.78, 5) is 14.0. The first-order chi connectivity index (χ1) is 7.20. The summed E-state index contributed by atoms with van der Waals surface area (Å²) in [6, 6.07) is 0.194. The smallest absolute Gasteiger partial charge is 0.240 e. The molecule has 0 radical (unpaired) electrons. The number of carbonyl (C=O) groups is 1. The summed E-state index contributed by atoms with van der Waals surface area (Å²) in [5.41, 5.74) is 0. The number of nitrogens with one attached hydrogen (secondary N) is 1. The van der Waals surface area contributed by atoms with Gasteiger partial charge in [0.05, 0.1) is 18.7 Å². The van der Waals surface area contributed by atoms with Crippen molar-refractivity contribution in [2.45, 2.75) is 38.8 Å². The number of amides is 1. The van der Waals surface area contributed by atoms with Crippen molar-refractivity contribution in [1.29, 1.82) is 0 Å². The normalized spacial score (nSPS) is 22.7. The van der Waals surface area contributed by atoms with Crippen LogP contribution in [-0.4, -0.2) is 49.7 Å². The standard InChI is InChI=1S/C11H22N2O2/c1-4-13(9(2)8-15-3)11(14)10-6-5-7-12-10/h9-10,12H,4-8H2,1-3H3/t9?,10-/m0/s1. The van der Waals surface area contributed by atoms with E-state index in [1.165, 1.54) is 0 Å². The molecule has 88 valence electrons. The summed E-state index contributed by atoms with van der Waals surface area (Å²) >= 11 is 0. The van der Waals surface area contributed by atoms with E-state index < -0.39 is 0 Å². The van der Waals surface area contributed by atoms with Gasteiger partial charge >= 0.3 is 0 Å². The van der Waals surface area contributed by atoms with Crippen LogP contribution in [0.5, 0.6) is 0 Å². The molecule has 1 fully saturated rings. The molecule has 0 bridgehead atoms. The lowest BCUT2D eigenvalue weighted by atomic mass is 10.1. The van der Waals surface area contributed by atoms with Gasteiger partial charge in [-0.3, -0.25) is 4.79 Å². The molecule has 1 heterocycles. The molecule has 1 amide bonds. The molecule has 1 aliphatic rings. The van der Waals surface area contributed by atoms with Crippen LogP contribution in [0.3, 0.4) is 0 Å². The number of methoxy groups -OCH3 is 1. The third-order valence-corrected chi connectivity index (χ3v) is 2.92. The predicted molar refractivity (Wildman–Crippen MR) is 59.7 cm³/mol. The Morgan fingerprint density at radius 3 is 2.87 bits per heavy atom. The zero-order valence-electron chi connectivity index (χ0n) is 9.95. The van der Waals surface area contributed by atoms with Crippen molar-refractivity contribution < 1.29 is 9.53 Å². The topological polar surface area (TPSA) is 41.6 Å². The van der Waals surface area contributed by atoms with E-state index in [1.807, 2.05) is 18.7 Å². The van der Waals surface area contributed by atoms with Crippen molar-refractivity contribution in [3.8, 4) is 0 Å². The molecule has 1 rings (SSSR count). The van der Waals surface area contributed by atoms with Crippen molar-refractivity contribution >= 4 is 5.91 Å². The SMILES string of the molecule is CCN(C(=O)[C@@H]1CCCN1)C(C)COC. The van der Waals surface area contributed by atoms with Gasteiger partial charge in [0.2, 0.25) is 5.91 Å². The van der Waals surface area contributed by atoms with E-state index in [1.54, 1.807) is 7.11 Å². The Balaban J connectivity index is 2.52. The van der Waals surface area contributed by atoms with Gasteiger partial charge in [-0.25, -0.2) is 0 Å². The molecule has 0 saturated carbocycles. The second kappa shape index (κ2) is 6.08. The minimum atomic E-state index is 0.0317. The van der Waals surface area contributed by atoms with Crippen LogP contribution < -0.4 is 5.32 Å². The number of ether oxygens (including phenoxy) is 1. The van der Waals surface area contributed by atoms with Crippen LogP contribution in [0.15, 0.2) is 0 Å². The Hall–Kier alpha value is -0.610. The van der Waals surface area contributed by atoms with E-state index in [-0.39, 0.29) is 18.0 Å². The first-order valence-corrected chi connectivity index (χ1v) is 5.73. The highest BCUT2D eigenvalue weighted by Crippen LogP contribution is 2.11. The van der Waals surface area contributed by atoms with Crippen molar-refractivity contribution in [3.63, 3.8) is 0 Å². The molecule has 1 saturated heterocycles. The fourth-order valence-electron chi connectivity index (χ4n) is 2.11. The minimum Gasteiger partial charge on any atom is -0.383 e. The number of likely N-dealkylation sites (N-methyl/N-ethyl adjacent to an activating group) is 1. The van der Waals surface area contributed by atoms with Gasteiger partial charge in [0.1, 0.15) is 0 Å². The number of hydrogen-bond donors (Lipinski definition) is 1. The van der Waals surface area contributed by atoms with E-state index in [0.29, 0.717) is 6.61 Å². The zero-order valence-corrected chi connectivity index (χ0v) is 9.95. The highest BCUT2D eigenvalue weighted by atomic mass is 16.5. The highest BCUT2D eigenvalue weighted by Gasteiger charge is 2.28. The third kappa shape index (κ3) is 3.18. The molecule has 1 N–H and O–H groups in total. The van der Waals surface area contributed by atoms with Crippen LogP contribution in [0.1, 0.15) is 26.7 Å². The summed E-state index contributed by atoms with van der Waals surface area (Å²) in [7, 11) is 1.67. The molecule has 0 aromatic heterocycles. The average molecular weight is 214 g/mol. The van der Waals surface area contributed by atoms with Crippen LogP contribution in [0, 0.1) is 0 Å². The van der Waals surface area contributed by atoms with Gasteiger partial charge in [-0.1, -0.05) is 0 Å². The summed E-state index contributed by atoms with van der Waals surface area (Å²) in [6.45, 7) is 6.36. The number of nitrogens with zero attached hydrogens (tertiary/aromatic N) is 1. The fourth-order valence-corrected chi connectivity index (χ4v) is 2.11. The average Bonchev–Trinajstić information content (AvgIpc) is 2.71. The van der Waals surface area contributed by atoms with E-state index in [2.05, 4.69) is 5.32 Å². The predicted octanol–water partition coefficient (Wildman–Crippen LogP) is 0.622. The summed E-state index contributed by atoms with van der Waals surface area (Å²) in [6.07, 6.45) is 2.07. The first-order valence-electron chi connectivity index (χ1n) is 5.73. The lowest BCUT2D eigenvalue weighted by Crippen LogP contribution is -2.48. The van der Waals surface area contributed by atoms with E-state index in [4.69, 9.17) is 4.74 Å². The Kier molecular flexibility index (Phi) is 5.05. The maximum atomic E-state index is 12.1.